The van der Waals surface area contributed by atoms with Crippen LogP contribution in [-0.4, -0.2) is 28.0 Å². The molecule has 0 saturated heterocycles. The van der Waals surface area contributed by atoms with Crippen LogP contribution < -0.4 is 10.1 Å². The van der Waals surface area contributed by atoms with Gasteiger partial charge in [-0.25, -0.2) is 4.98 Å². The van der Waals surface area contributed by atoms with E-state index < -0.39 is 4.92 Å². The van der Waals surface area contributed by atoms with E-state index in [1.807, 2.05) is 6.92 Å². The molecule has 0 amide bonds. The van der Waals surface area contributed by atoms with Gasteiger partial charge in [0.15, 0.2) is 0 Å². The molecule has 0 fully saturated rings. The van der Waals surface area contributed by atoms with Crippen molar-refractivity contribution in [3.63, 3.8) is 0 Å². The molecule has 7 heteroatoms. The highest BCUT2D eigenvalue weighted by Gasteiger charge is 2.23. The Hall–Kier alpha value is -2.18. The molecular formula is C12H18N4O3. The number of anilines is 1. The lowest BCUT2D eigenvalue weighted by Crippen LogP contribution is -2.09. The van der Waals surface area contributed by atoms with E-state index in [2.05, 4.69) is 21.9 Å². The average Bonchev–Trinajstić information content (AvgIpc) is 2.41. The number of hydrogen-bond donors (Lipinski definition) is 1. The van der Waals surface area contributed by atoms with Crippen LogP contribution in [0.25, 0.3) is 0 Å². The molecule has 1 heterocycles. The number of nitro groups is 1. The van der Waals surface area contributed by atoms with Crippen LogP contribution in [0.5, 0.6) is 5.88 Å². The number of nitrogens with zero attached hydrogens (tertiary/aromatic N) is 3. The standard InChI is InChI=1S/C12H18N4O3/c1-3-5-6-8-19-12-10(16(17)18)11(13-7-4-2)14-9-15-12/h3,9H,1,4-8H2,2H3,(H,13,14,15). The van der Waals surface area contributed by atoms with Gasteiger partial charge < -0.3 is 10.1 Å². The van der Waals surface area contributed by atoms with Gasteiger partial charge >= 0.3 is 5.69 Å². The lowest BCUT2D eigenvalue weighted by molar-refractivity contribution is -0.385. The fourth-order valence-corrected chi connectivity index (χ4v) is 1.40. The minimum absolute atomic E-state index is 0.00247. The first-order chi connectivity index (χ1) is 9.20. The number of aromatic nitrogens is 2. The van der Waals surface area contributed by atoms with E-state index in [-0.39, 0.29) is 17.4 Å². The van der Waals surface area contributed by atoms with Crippen LogP contribution in [0, 0.1) is 10.1 Å². The Morgan fingerprint density at radius 3 is 3.00 bits per heavy atom. The number of ether oxygens (including phenoxy) is 1. The van der Waals surface area contributed by atoms with Crippen molar-refractivity contribution in [1.82, 2.24) is 9.97 Å². The highest BCUT2D eigenvalue weighted by Crippen LogP contribution is 2.30. The summed E-state index contributed by atoms with van der Waals surface area (Å²) in [5, 5.41) is 14.0. The molecule has 0 unspecified atom stereocenters. The fourth-order valence-electron chi connectivity index (χ4n) is 1.40. The van der Waals surface area contributed by atoms with Gasteiger partial charge in [0.25, 0.3) is 5.88 Å². The predicted octanol–water partition coefficient (Wildman–Crippen LogP) is 2.55. The van der Waals surface area contributed by atoms with Crippen LogP contribution in [-0.2, 0) is 0 Å². The minimum atomic E-state index is -0.527. The number of allylic oxidation sites excluding steroid dienone is 1. The topological polar surface area (TPSA) is 90.2 Å². The molecule has 0 bridgehead atoms. The number of nitrogens with one attached hydrogen (secondary N) is 1. The van der Waals surface area contributed by atoms with Crippen molar-refractivity contribution in [3.05, 3.63) is 29.1 Å². The van der Waals surface area contributed by atoms with Gasteiger partial charge in [0.2, 0.25) is 5.82 Å². The Balaban J connectivity index is 2.83. The quantitative estimate of drug-likeness (QED) is 0.320. The molecule has 0 aliphatic heterocycles. The zero-order valence-corrected chi connectivity index (χ0v) is 11.0. The fraction of sp³-hybridized carbons (Fsp3) is 0.500. The lowest BCUT2D eigenvalue weighted by Gasteiger charge is -2.08. The number of rotatable bonds is 9. The Morgan fingerprint density at radius 2 is 2.37 bits per heavy atom. The van der Waals surface area contributed by atoms with Gasteiger partial charge in [-0.15, -0.1) is 6.58 Å². The van der Waals surface area contributed by atoms with Crippen molar-refractivity contribution in [2.24, 2.45) is 0 Å². The van der Waals surface area contributed by atoms with Gasteiger partial charge in [-0.05, 0) is 19.3 Å². The molecule has 0 aromatic carbocycles. The van der Waals surface area contributed by atoms with Gasteiger partial charge in [-0.1, -0.05) is 13.0 Å². The van der Waals surface area contributed by atoms with Crippen molar-refractivity contribution in [3.8, 4) is 5.88 Å². The molecule has 7 nitrogen and oxygen atoms in total. The third-order valence-corrected chi connectivity index (χ3v) is 2.31. The summed E-state index contributed by atoms with van der Waals surface area (Å²) in [5.74, 6) is 0.197. The van der Waals surface area contributed by atoms with Gasteiger partial charge in [0, 0.05) is 6.54 Å². The predicted molar refractivity (Wildman–Crippen MR) is 72.4 cm³/mol. The van der Waals surface area contributed by atoms with E-state index >= 15 is 0 Å². The second kappa shape index (κ2) is 8.02. The summed E-state index contributed by atoms with van der Waals surface area (Å²) in [4.78, 5) is 18.3. The normalized spacial score (nSPS) is 9.95. The first-order valence-electron chi connectivity index (χ1n) is 6.17. The van der Waals surface area contributed by atoms with Crippen molar-refractivity contribution in [2.45, 2.75) is 26.2 Å². The molecule has 104 valence electrons. The Labute approximate surface area is 111 Å². The summed E-state index contributed by atoms with van der Waals surface area (Å²) in [5.41, 5.74) is -0.213. The first-order valence-corrected chi connectivity index (χ1v) is 6.17. The second-order valence-electron chi connectivity index (χ2n) is 3.84. The van der Waals surface area contributed by atoms with E-state index in [4.69, 9.17) is 4.74 Å². The molecule has 1 N–H and O–H groups in total. The molecule has 1 aromatic rings. The molecule has 0 aliphatic carbocycles. The van der Waals surface area contributed by atoms with Gasteiger partial charge in [0.1, 0.15) is 6.33 Å². The summed E-state index contributed by atoms with van der Waals surface area (Å²) in [6.45, 7) is 6.53. The minimum Gasteiger partial charge on any atom is -0.473 e. The van der Waals surface area contributed by atoms with E-state index in [1.165, 1.54) is 6.33 Å². The Bertz CT molecular complexity index is 437. The molecule has 1 aromatic heterocycles. The molecule has 0 aliphatic rings. The maximum atomic E-state index is 11.1. The number of unbranched alkanes of at least 4 members (excludes halogenated alkanes) is 1. The van der Waals surface area contributed by atoms with Crippen LogP contribution in [0.1, 0.15) is 26.2 Å². The molecule has 0 atom stereocenters. The summed E-state index contributed by atoms with van der Waals surface area (Å²) < 4.78 is 5.34. The summed E-state index contributed by atoms with van der Waals surface area (Å²) in [7, 11) is 0. The first kappa shape index (κ1) is 14.9. The SMILES string of the molecule is C=CCCCOc1ncnc(NCCC)c1[N+](=O)[O-]. The zero-order valence-electron chi connectivity index (χ0n) is 11.0. The van der Waals surface area contributed by atoms with Crippen LogP contribution in [0.4, 0.5) is 11.5 Å². The van der Waals surface area contributed by atoms with Crippen LogP contribution in [0.15, 0.2) is 19.0 Å². The van der Waals surface area contributed by atoms with Crippen LogP contribution in [0.3, 0.4) is 0 Å². The van der Waals surface area contributed by atoms with Gasteiger partial charge in [0.05, 0.1) is 11.5 Å². The highest BCUT2D eigenvalue weighted by atomic mass is 16.6. The van der Waals surface area contributed by atoms with Crippen molar-refractivity contribution in [1.29, 1.82) is 0 Å². The Morgan fingerprint density at radius 1 is 1.58 bits per heavy atom. The van der Waals surface area contributed by atoms with Crippen molar-refractivity contribution >= 4 is 11.5 Å². The smallest absolute Gasteiger partial charge is 0.372 e. The third-order valence-electron chi connectivity index (χ3n) is 2.31. The van der Waals surface area contributed by atoms with E-state index in [1.54, 1.807) is 6.08 Å². The summed E-state index contributed by atoms with van der Waals surface area (Å²) in [6.07, 6.45) is 5.40. The maximum absolute atomic E-state index is 11.1. The van der Waals surface area contributed by atoms with E-state index in [9.17, 15) is 10.1 Å². The zero-order chi connectivity index (χ0) is 14.1. The van der Waals surface area contributed by atoms with Gasteiger partial charge in [-0.3, -0.25) is 10.1 Å². The molecule has 0 spiro atoms. The molecular weight excluding hydrogens is 248 g/mol. The molecule has 0 saturated carbocycles. The van der Waals surface area contributed by atoms with Crippen molar-refractivity contribution < 1.29 is 9.66 Å². The molecule has 19 heavy (non-hydrogen) atoms. The molecule has 0 radical (unpaired) electrons. The second-order valence-corrected chi connectivity index (χ2v) is 3.84. The van der Waals surface area contributed by atoms with Gasteiger partial charge in [-0.2, -0.15) is 4.98 Å². The molecule has 1 rings (SSSR count). The Kier molecular flexibility index (Phi) is 6.28. The monoisotopic (exact) mass is 266 g/mol. The third kappa shape index (κ3) is 4.53. The summed E-state index contributed by atoms with van der Waals surface area (Å²) >= 11 is 0. The highest BCUT2D eigenvalue weighted by molar-refractivity contribution is 5.60. The van der Waals surface area contributed by atoms with Crippen LogP contribution in [0.2, 0.25) is 0 Å². The number of hydrogen-bond acceptors (Lipinski definition) is 6. The van der Waals surface area contributed by atoms with Crippen molar-refractivity contribution in [2.75, 3.05) is 18.5 Å². The lowest BCUT2D eigenvalue weighted by atomic mass is 10.3. The van der Waals surface area contributed by atoms with E-state index in [0.29, 0.717) is 13.2 Å². The maximum Gasteiger partial charge on any atom is 0.372 e. The van der Waals surface area contributed by atoms with Crippen LogP contribution >= 0.6 is 0 Å². The largest absolute Gasteiger partial charge is 0.473 e. The average molecular weight is 266 g/mol. The van der Waals surface area contributed by atoms with E-state index in [0.717, 1.165) is 19.3 Å². The summed E-state index contributed by atoms with van der Waals surface area (Å²) in [6, 6.07) is 0.